The highest BCUT2D eigenvalue weighted by atomic mass is 31.2. The molecule has 0 amide bonds. The number of phosphoric acid groups is 1. The number of hydrogen-bond acceptors (Lipinski definition) is 13. The Morgan fingerprint density at radius 2 is 2.18 bits per heavy atom. The highest BCUT2D eigenvalue weighted by Gasteiger charge is 2.54. The maximum Gasteiger partial charge on any atom is 0.475 e. The first-order chi connectivity index (χ1) is 18.2. The summed E-state index contributed by atoms with van der Waals surface area (Å²) in [7, 11) is -4.04. The lowest BCUT2D eigenvalue weighted by Gasteiger charge is -2.30. The molecule has 0 bridgehead atoms. The Bertz CT molecular complexity index is 1490. The Labute approximate surface area is 216 Å². The van der Waals surface area contributed by atoms with Crippen LogP contribution in [0, 0.1) is 0 Å². The third-order valence-electron chi connectivity index (χ3n) is 6.61. The van der Waals surface area contributed by atoms with Crippen molar-refractivity contribution in [2.45, 2.75) is 43.5 Å². The average molecular weight is 544 g/mol. The van der Waals surface area contributed by atoms with Gasteiger partial charge in [-0.25, -0.2) is 19.5 Å². The minimum Gasteiger partial charge on any atom is -0.464 e. The molecule has 0 aromatic carbocycles. The number of phosphoric ester groups is 1. The summed E-state index contributed by atoms with van der Waals surface area (Å²) in [6, 6.07) is 5.42. The van der Waals surface area contributed by atoms with E-state index in [-0.39, 0.29) is 19.0 Å². The van der Waals surface area contributed by atoms with Crippen molar-refractivity contribution in [1.82, 2.24) is 24.5 Å². The van der Waals surface area contributed by atoms with E-state index >= 15 is 0 Å². The van der Waals surface area contributed by atoms with E-state index in [9.17, 15) is 14.8 Å². The van der Waals surface area contributed by atoms with Crippen LogP contribution in [0.15, 0.2) is 53.9 Å². The summed E-state index contributed by atoms with van der Waals surface area (Å²) in [5.41, 5.74) is 6.15. The Morgan fingerprint density at radius 1 is 1.32 bits per heavy atom. The number of aliphatic hydroxyl groups excluding tert-OH is 1. The van der Waals surface area contributed by atoms with Crippen molar-refractivity contribution in [1.29, 1.82) is 0 Å². The zero-order valence-corrected chi connectivity index (χ0v) is 21.0. The van der Waals surface area contributed by atoms with Crippen molar-refractivity contribution < 1.29 is 37.5 Å². The van der Waals surface area contributed by atoms with Gasteiger partial charge in [-0.15, -0.1) is 0 Å². The number of furan rings is 1. The second-order valence-corrected chi connectivity index (χ2v) is 10.8. The molecule has 38 heavy (non-hydrogen) atoms. The lowest BCUT2D eigenvalue weighted by Crippen LogP contribution is -2.44. The second kappa shape index (κ2) is 9.50. The van der Waals surface area contributed by atoms with Crippen molar-refractivity contribution in [3.63, 3.8) is 0 Å². The minimum absolute atomic E-state index is 0.115. The van der Waals surface area contributed by atoms with Crippen LogP contribution < -0.4 is 5.73 Å². The maximum absolute atomic E-state index is 13.3. The van der Waals surface area contributed by atoms with Crippen LogP contribution in [0.3, 0.4) is 0 Å². The van der Waals surface area contributed by atoms with E-state index in [2.05, 4.69) is 19.9 Å². The monoisotopic (exact) mass is 544 g/mol. The fourth-order valence-corrected chi connectivity index (χ4v) is 5.99. The molecular weight excluding hydrogens is 519 g/mol. The van der Waals surface area contributed by atoms with Gasteiger partial charge in [0.05, 0.1) is 31.9 Å². The number of anilines is 1. The summed E-state index contributed by atoms with van der Waals surface area (Å²) in [5.74, 6) is 0.801. The van der Waals surface area contributed by atoms with Crippen LogP contribution in [0.2, 0.25) is 0 Å². The number of nitrogens with two attached hydrogens (primary N) is 1. The van der Waals surface area contributed by atoms with E-state index in [0.717, 1.165) is 5.56 Å². The van der Waals surface area contributed by atoms with E-state index in [1.54, 1.807) is 24.7 Å². The maximum atomic E-state index is 13.3. The second-order valence-electron chi connectivity index (χ2n) is 9.22. The molecule has 0 radical (unpaired) electrons. The molecule has 4 aromatic heterocycles. The lowest BCUT2D eigenvalue weighted by atomic mass is 9.96. The first kappa shape index (κ1) is 25.1. The van der Waals surface area contributed by atoms with Crippen molar-refractivity contribution in [3.05, 3.63) is 55.1 Å². The molecule has 2 aliphatic rings. The third kappa shape index (κ3) is 4.39. The van der Waals surface area contributed by atoms with Crippen LogP contribution in [0.25, 0.3) is 22.5 Å². The average Bonchev–Trinajstić information content (AvgIpc) is 3.64. The van der Waals surface area contributed by atoms with Crippen molar-refractivity contribution >= 4 is 24.8 Å². The molecule has 6 heterocycles. The van der Waals surface area contributed by atoms with Crippen LogP contribution in [0.1, 0.15) is 31.2 Å². The number of nitrogen functional groups attached to an aromatic ring is 1. The Hall–Kier alpha value is -3.23. The van der Waals surface area contributed by atoms with Gasteiger partial charge >= 0.3 is 7.82 Å². The molecule has 4 N–H and O–H groups in total. The molecular formula is C23H25N6O8P. The molecule has 4 aromatic rings. The topological polar surface area (TPSA) is 190 Å². The van der Waals surface area contributed by atoms with E-state index < -0.39 is 38.0 Å². The first-order valence-electron chi connectivity index (χ1n) is 11.8. The molecule has 6 atom stereocenters. The predicted molar refractivity (Wildman–Crippen MR) is 130 cm³/mol. The van der Waals surface area contributed by atoms with Gasteiger partial charge in [-0.3, -0.25) is 23.1 Å². The molecule has 200 valence electrons. The van der Waals surface area contributed by atoms with Crippen LogP contribution >= 0.6 is 7.82 Å². The van der Waals surface area contributed by atoms with Crippen LogP contribution in [-0.2, 0) is 22.9 Å². The van der Waals surface area contributed by atoms with Gasteiger partial charge in [-0.2, -0.15) is 0 Å². The van der Waals surface area contributed by atoms with Crippen LogP contribution in [-0.4, -0.2) is 65.7 Å². The Balaban J connectivity index is 1.16. The molecule has 0 aliphatic carbocycles. The van der Waals surface area contributed by atoms with Gasteiger partial charge in [0.15, 0.2) is 17.7 Å². The largest absolute Gasteiger partial charge is 0.475 e. The number of aliphatic hydroxyl groups is 2. The number of ether oxygens (including phenoxy) is 1. The number of hydrogen-bond donors (Lipinski definition) is 3. The zero-order valence-electron chi connectivity index (χ0n) is 20.2. The normalized spacial score (nSPS) is 31.7. The number of imidazole rings is 1. The van der Waals surface area contributed by atoms with Gasteiger partial charge in [0.25, 0.3) is 0 Å². The summed E-state index contributed by atoms with van der Waals surface area (Å²) in [6.07, 6.45) is 3.72. The fraction of sp³-hybridized carbons (Fsp3) is 0.391. The number of aromatic nitrogens is 5. The van der Waals surface area contributed by atoms with Gasteiger partial charge in [0, 0.05) is 29.9 Å². The fourth-order valence-electron chi connectivity index (χ4n) is 4.60. The molecule has 2 aliphatic heterocycles. The molecule has 2 fully saturated rings. The highest BCUT2D eigenvalue weighted by molar-refractivity contribution is 7.48. The summed E-state index contributed by atoms with van der Waals surface area (Å²) < 4.78 is 42.8. The third-order valence-corrected chi connectivity index (χ3v) is 8.09. The molecule has 0 saturated carbocycles. The SMILES string of the molecule is C[C@@]1(O)[C@H](O)[C@@H](CO[P@@]2(=O)OCC[C@@H](c3cncc(-c4ccco4)c3)O2)O[C@H]1n1cnc2c(N)ncnc21. The molecule has 14 nitrogen and oxygen atoms in total. The van der Waals surface area contributed by atoms with Crippen molar-refractivity contribution in [3.8, 4) is 11.3 Å². The molecule has 2 saturated heterocycles. The minimum atomic E-state index is -4.04. The Kier molecular flexibility index (Phi) is 6.27. The Morgan fingerprint density at radius 3 is 3.00 bits per heavy atom. The highest BCUT2D eigenvalue weighted by Crippen LogP contribution is 2.57. The van der Waals surface area contributed by atoms with Crippen molar-refractivity contribution in [2.24, 2.45) is 0 Å². The molecule has 6 rings (SSSR count). The summed E-state index contributed by atoms with van der Waals surface area (Å²) in [5, 5.41) is 21.9. The van der Waals surface area contributed by atoms with E-state index in [1.807, 2.05) is 12.1 Å². The summed E-state index contributed by atoms with van der Waals surface area (Å²) in [4.78, 5) is 16.5. The number of pyridine rings is 1. The van der Waals surface area contributed by atoms with Gasteiger partial charge < -0.3 is 25.1 Å². The number of rotatable bonds is 6. The van der Waals surface area contributed by atoms with E-state index in [4.69, 9.17) is 28.5 Å². The zero-order chi connectivity index (χ0) is 26.5. The predicted octanol–water partition coefficient (Wildman–Crippen LogP) is 2.38. The smallest absolute Gasteiger partial charge is 0.464 e. The van der Waals surface area contributed by atoms with Crippen molar-refractivity contribution in [2.75, 3.05) is 18.9 Å². The van der Waals surface area contributed by atoms with Gasteiger partial charge in [-0.05, 0) is 25.1 Å². The quantitative estimate of drug-likeness (QED) is 0.300. The lowest BCUT2D eigenvalue weighted by molar-refractivity contribution is -0.0953. The number of fused-ring (bicyclic) bond motifs is 1. The molecule has 0 unspecified atom stereocenters. The number of nitrogens with zero attached hydrogens (tertiary/aromatic N) is 5. The van der Waals surface area contributed by atoms with Crippen LogP contribution in [0.5, 0.6) is 0 Å². The van der Waals surface area contributed by atoms with Crippen LogP contribution in [0.4, 0.5) is 5.82 Å². The standard InChI is InChI=1S/C23H25N6O8P/c1-23(31)19(30)17(36-22(23)29-12-28-18-20(24)26-11-27-21(18)29)10-35-38(32)34-6-4-16(37-38)14-7-13(8-25-9-14)15-3-2-5-33-15/h2-3,5,7-9,11-12,16-17,19,22,30-31H,4,6,10H2,1H3,(H2,24,26,27)/t16-,17+,19+,22+,23+,38+/m0/s1. The summed E-state index contributed by atoms with van der Waals surface area (Å²) in [6.45, 7) is 1.14. The van der Waals surface area contributed by atoms with E-state index in [1.165, 1.54) is 24.1 Å². The summed E-state index contributed by atoms with van der Waals surface area (Å²) >= 11 is 0. The van der Waals surface area contributed by atoms with Gasteiger partial charge in [0.1, 0.15) is 35.4 Å². The van der Waals surface area contributed by atoms with E-state index in [0.29, 0.717) is 28.9 Å². The van der Waals surface area contributed by atoms with Gasteiger partial charge in [0.2, 0.25) is 0 Å². The molecule has 0 spiro atoms. The first-order valence-corrected chi connectivity index (χ1v) is 13.3. The molecule has 15 heteroatoms. The van der Waals surface area contributed by atoms with Gasteiger partial charge in [-0.1, -0.05) is 0 Å².